The van der Waals surface area contributed by atoms with E-state index in [2.05, 4.69) is 33.2 Å². The Labute approximate surface area is 112 Å². The molecule has 6 heteroatoms. The molecule has 1 saturated heterocycles. The Hall–Kier alpha value is -0.630. The number of hydrogen-bond donors (Lipinski definition) is 2. The number of hydrogen-bond acceptors (Lipinski definition) is 3. The number of piperidine rings is 1. The first-order chi connectivity index (χ1) is 8.08. The third-order valence-corrected chi connectivity index (χ3v) is 3.23. The zero-order chi connectivity index (χ0) is 12.3. The van der Waals surface area contributed by atoms with Crippen molar-refractivity contribution in [1.29, 1.82) is 0 Å². The molecule has 3 nitrogen and oxygen atoms in total. The van der Waals surface area contributed by atoms with E-state index >= 15 is 0 Å². The molecule has 0 bridgehead atoms. The highest BCUT2D eigenvalue weighted by Gasteiger charge is 2.43. The Bertz CT molecular complexity index is 380. The summed E-state index contributed by atoms with van der Waals surface area (Å²) in [5.74, 6) is -2.36. The van der Waals surface area contributed by atoms with Crippen molar-refractivity contribution >= 4 is 22.6 Å². The second kappa shape index (κ2) is 5.34. The van der Waals surface area contributed by atoms with Crippen LogP contribution in [0.3, 0.4) is 0 Å². The molecule has 0 aromatic carbocycles. The number of alkyl halides is 2. The summed E-state index contributed by atoms with van der Waals surface area (Å²) < 4.78 is 33.3. The summed E-state index contributed by atoms with van der Waals surface area (Å²) in [5, 5.41) is 5.64. The summed E-state index contributed by atoms with van der Waals surface area (Å²) in [6.45, 7) is 0.239. The van der Waals surface area contributed by atoms with Gasteiger partial charge in [-0.2, -0.15) is 0 Å². The Morgan fingerprint density at radius 3 is 3.00 bits per heavy atom. The minimum absolute atomic E-state index is 0.312. The lowest BCUT2D eigenvalue weighted by atomic mass is 10.1. The van der Waals surface area contributed by atoms with Gasteiger partial charge in [0.05, 0.1) is 10.2 Å². The number of nitrogens with one attached hydrogen (secondary N) is 2. The van der Waals surface area contributed by atoms with Crippen molar-refractivity contribution < 1.29 is 13.5 Å². The molecule has 0 radical (unpaired) electrons. The molecule has 1 fully saturated rings. The SMILES string of the molecule is FC1(F)CNCCC1OC1=CC=C(I)NC=C1. The third kappa shape index (κ3) is 3.41. The second-order valence-corrected chi connectivity index (χ2v) is 5.06. The van der Waals surface area contributed by atoms with E-state index in [1.165, 1.54) is 0 Å². The minimum atomic E-state index is -2.82. The van der Waals surface area contributed by atoms with E-state index in [1.54, 1.807) is 24.4 Å². The molecule has 2 rings (SSSR count). The van der Waals surface area contributed by atoms with Gasteiger partial charge in [-0.1, -0.05) is 0 Å². The van der Waals surface area contributed by atoms with Crippen LogP contribution in [0.25, 0.3) is 0 Å². The predicted octanol–water partition coefficient (Wildman–Crippen LogP) is 2.28. The number of allylic oxidation sites excluding steroid dienone is 3. The standard InChI is InChI=1S/C11H13F2IN2O/c12-11(13)7-15-5-4-9(11)17-8-1-2-10(14)16-6-3-8/h1-3,6,9,15-16H,4-5,7H2. The highest BCUT2D eigenvalue weighted by atomic mass is 127. The average Bonchev–Trinajstić information content (AvgIpc) is 2.47. The maximum absolute atomic E-state index is 13.5. The molecule has 0 saturated carbocycles. The fourth-order valence-electron chi connectivity index (χ4n) is 1.66. The van der Waals surface area contributed by atoms with Gasteiger partial charge < -0.3 is 15.4 Å². The van der Waals surface area contributed by atoms with Gasteiger partial charge >= 0.3 is 0 Å². The van der Waals surface area contributed by atoms with Crippen LogP contribution in [0.5, 0.6) is 0 Å². The van der Waals surface area contributed by atoms with E-state index in [9.17, 15) is 8.78 Å². The summed E-state index contributed by atoms with van der Waals surface area (Å²) in [6.07, 6.45) is 6.07. The zero-order valence-electron chi connectivity index (χ0n) is 9.05. The topological polar surface area (TPSA) is 33.3 Å². The fraction of sp³-hybridized carbons (Fsp3) is 0.455. The smallest absolute Gasteiger partial charge is 0.296 e. The van der Waals surface area contributed by atoms with Crippen LogP contribution in [0.15, 0.2) is 33.9 Å². The first-order valence-electron chi connectivity index (χ1n) is 5.34. The van der Waals surface area contributed by atoms with E-state index in [4.69, 9.17) is 4.74 Å². The third-order valence-electron chi connectivity index (χ3n) is 2.56. The first-order valence-corrected chi connectivity index (χ1v) is 6.41. The summed E-state index contributed by atoms with van der Waals surface area (Å²) in [4.78, 5) is 0. The lowest BCUT2D eigenvalue weighted by Gasteiger charge is -2.32. The normalized spacial score (nSPS) is 27.6. The molecule has 94 valence electrons. The molecule has 2 aliphatic rings. The molecule has 17 heavy (non-hydrogen) atoms. The van der Waals surface area contributed by atoms with Gasteiger partial charge in [0.2, 0.25) is 0 Å². The van der Waals surface area contributed by atoms with Crippen molar-refractivity contribution in [2.45, 2.75) is 18.4 Å². The molecule has 0 spiro atoms. The second-order valence-electron chi connectivity index (χ2n) is 3.89. The Balaban J connectivity index is 2.05. The van der Waals surface area contributed by atoms with Gasteiger partial charge in [0, 0.05) is 12.6 Å². The Morgan fingerprint density at radius 2 is 2.24 bits per heavy atom. The summed E-state index contributed by atoms with van der Waals surface area (Å²) in [5.41, 5.74) is 0. The minimum Gasteiger partial charge on any atom is -0.484 e. The molecule has 2 aliphatic heterocycles. The van der Waals surface area contributed by atoms with E-state index in [0.717, 1.165) is 3.70 Å². The molecule has 0 aromatic heterocycles. The van der Waals surface area contributed by atoms with Crippen molar-refractivity contribution in [2.24, 2.45) is 0 Å². The van der Waals surface area contributed by atoms with E-state index in [0.29, 0.717) is 18.7 Å². The monoisotopic (exact) mass is 354 g/mol. The van der Waals surface area contributed by atoms with Crippen molar-refractivity contribution in [3.05, 3.63) is 33.9 Å². The molecule has 0 aliphatic carbocycles. The molecule has 2 heterocycles. The Morgan fingerprint density at radius 1 is 1.41 bits per heavy atom. The highest BCUT2D eigenvalue weighted by Crippen LogP contribution is 2.28. The maximum atomic E-state index is 13.5. The fourth-order valence-corrected chi connectivity index (χ4v) is 2.02. The molecule has 1 unspecified atom stereocenters. The first kappa shape index (κ1) is 12.8. The maximum Gasteiger partial charge on any atom is 0.296 e. The predicted molar refractivity (Wildman–Crippen MR) is 69.8 cm³/mol. The van der Waals surface area contributed by atoms with Crippen LogP contribution in [-0.2, 0) is 4.74 Å². The van der Waals surface area contributed by atoms with E-state index in [-0.39, 0.29) is 6.54 Å². The van der Waals surface area contributed by atoms with Crippen LogP contribution in [-0.4, -0.2) is 25.1 Å². The van der Waals surface area contributed by atoms with Gasteiger partial charge in [-0.25, -0.2) is 8.78 Å². The molecule has 2 N–H and O–H groups in total. The number of halogens is 3. The highest BCUT2D eigenvalue weighted by molar-refractivity contribution is 14.1. The van der Waals surface area contributed by atoms with Crippen molar-refractivity contribution in [1.82, 2.24) is 10.6 Å². The van der Waals surface area contributed by atoms with E-state index < -0.39 is 12.0 Å². The van der Waals surface area contributed by atoms with Crippen molar-refractivity contribution in [2.75, 3.05) is 13.1 Å². The largest absolute Gasteiger partial charge is 0.484 e. The van der Waals surface area contributed by atoms with Gasteiger partial charge in [0.25, 0.3) is 5.92 Å². The molecule has 0 aromatic rings. The number of rotatable bonds is 2. The molecule has 0 amide bonds. The van der Waals surface area contributed by atoms with Gasteiger partial charge in [-0.05, 0) is 47.4 Å². The lowest BCUT2D eigenvalue weighted by molar-refractivity contribution is -0.129. The van der Waals surface area contributed by atoms with Gasteiger partial charge in [0.15, 0.2) is 6.10 Å². The van der Waals surface area contributed by atoms with Crippen LogP contribution in [0.2, 0.25) is 0 Å². The molecular formula is C11H13F2IN2O. The van der Waals surface area contributed by atoms with Crippen LogP contribution >= 0.6 is 22.6 Å². The van der Waals surface area contributed by atoms with E-state index in [1.807, 2.05) is 0 Å². The van der Waals surface area contributed by atoms with Crippen LogP contribution in [0.1, 0.15) is 6.42 Å². The van der Waals surface area contributed by atoms with Gasteiger partial charge in [0.1, 0.15) is 5.76 Å². The number of ether oxygens (including phenoxy) is 1. The lowest BCUT2D eigenvalue weighted by Crippen LogP contribution is -2.50. The van der Waals surface area contributed by atoms with Gasteiger partial charge in [-0.3, -0.25) is 0 Å². The zero-order valence-corrected chi connectivity index (χ0v) is 11.2. The van der Waals surface area contributed by atoms with Crippen LogP contribution in [0.4, 0.5) is 8.78 Å². The Kier molecular flexibility index (Phi) is 4.03. The van der Waals surface area contributed by atoms with Crippen LogP contribution < -0.4 is 10.6 Å². The van der Waals surface area contributed by atoms with Crippen molar-refractivity contribution in [3.8, 4) is 0 Å². The molecule has 1 atom stereocenters. The van der Waals surface area contributed by atoms with Crippen LogP contribution in [0, 0.1) is 0 Å². The van der Waals surface area contributed by atoms with Crippen molar-refractivity contribution in [3.63, 3.8) is 0 Å². The molecular weight excluding hydrogens is 341 g/mol. The summed E-state index contributed by atoms with van der Waals surface area (Å²) in [6, 6.07) is 0. The van der Waals surface area contributed by atoms with Gasteiger partial charge in [-0.15, -0.1) is 0 Å². The summed E-state index contributed by atoms with van der Waals surface area (Å²) in [7, 11) is 0. The summed E-state index contributed by atoms with van der Waals surface area (Å²) >= 11 is 2.11. The average molecular weight is 354 g/mol. The quantitative estimate of drug-likeness (QED) is 0.590.